The summed E-state index contributed by atoms with van der Waals surface area (Å²) in [6, 6.07) is 13.2. The second-order valence-corrected chi connectivity index (χ2v) is 6.61. The fourth-order valence-corrected chi connectivity index (χ4v) is 3.55. The minimum absolute atomic E-state index is 0.0456. The molecule has 2 aromatic heterocycles. The summed E-state index contributed by atoms with van der Waals surface area (Å²) in [5.41, 5.74) is 0. The second kappa shape index (κ2) is 6.98. The first-order chi connectivity index (χ1) is 12.3. The van der Waals surface area contributed by atoms with Crippen LogP contribution in [0.25, 0.3) is 0 Å². The number of hydrogen-bond acceptors (Lipinski definition) is 5. The number of rotatable bonds is 5. The van der Waals surface area contributed by atoms with Crippen LogP contribution in [0.4, 0.5) is 0 Å². The summed E-state index contributed by atoms with van der Waals surface area (Å²) in [6.07, 6.45) is 2.97. The number of ether oxygens (including phenoxy) is 2. The zero-order valence-electron chi connectivity index (χ0n) is 13.4. The normalized spacial score (nSPS) is 17.0. The molecular weight excluding hydrogens is 338 g/mol. The zero-order valence-corrected chi connectivity index (χ0v) is 14.2. The fourth-order valence-electron chi connectivity index (χ4n) is 2.73. The number of carbonyl (C=O) groups is 1. The van der Waals surface area contributed by atoms with Gasteiger partial charge in [0.25, 0.3) is 5.91 Å². The first-order valence-corrected chi connectivity index (χ1v) is 8.88. The minimum atomic E-state index is -0.656. The predicted octanol–water partition coefficient (Wildman–Crippen LogP) is 2.49. The van der Waals surface area contributed by atoms with Crippen molar-refractivity contribution in [3.8, 4) is 11.5 Å². The highest BCUT2D eigenvalue weighted by molar-refractivity contribution is 7.10. The van der Waals surface area contributed by atoms with Crippen LogP contribution in [0.1, 0.15) is 10.9 Å². The Labute approximate surface area is 149 Å². The lowest BCUT2D eigenvalue weighted by Crippen LogP contribution is -2.45. The summed E-state index contributed by atoms with van der Waals surface area (Å²) >= 11 is 1.64. The van der Waals surface area contributed by atoms with E-state index in [1.54, 1.807) is 23.6 Å². The minimum Gasteiger partial charge on any atom is -0.485 e. The Balaban J connectivity index is 1.42. The monoisotopic (exact) mass is 355 g/mol. The molecule has 3 aromatic rings. The quantitative estimate of drug-likeness (QED) is 0.764. The zero-order chi connectivity index (χ0) is 17.1. The maximum absolute atomic E-state index is 12.5. The van der Waals surface area contributed by atoms with Crippen LogP contribution >= 0.6 is 11.3 Å². The molecule has 0 aliphatic carbocycles. The largest absolute Gasteiger partial charge is 0.485 e. The number of thiophene rings is 1. The third kappa shape index (κ3) is 3.36. The maximum Gasteiger partial charge on any atom is 0.264 e. The molecule has 1 aromatic carbocycles. The van der Waals surface area contributed by atoms with Gasteiger partial charge < -0.3 is 14.8 Å². The fraction of sp³-hybridized carbons (Fsp3) is 0.222. The van der Waals surface area contributed by atoms with Gasteiger partial charge in [-0.1, -0.05) is 18.2 Å². The molecule has 1 amide bonds. The Morgan fingerprint density at radius 1 is 1.28 bits per heavy atom. The summed E-state index contributed by atoms with van der Waals surface area (Å²) in [4.78, 5) is 13.6. The summed E-state index contributed by atoms with van der Waals surface area (Å²) in [7, 11) is 0. The van der Waals surface area contributed by atoms with E-state index in [1.807, 2.05) is 52.7 Å². The van der Waals surface area contributed by atoms with E-state index in [4.69, 9.17) is 9.47 Å². The molecule has 1 N–H and O–H groups in total. The molecule has 0 fully saturated rings. The number of aromatic nitrogens is 2. The molecular formula is C18H17N3O3S. The predicted molar refractivity (Wildman–Crippen MR) is 94.0 cm³/mol. The number of carbonyl (C=O) groups excluding carboxylic acids is 1. The van der Waals surface area contributed by atoms with Gasteiger partial charge in [-0.2, -0.15) is 5.10 Å². The van der Waals surface area contributed by atoms with Crippen molar-refractivity contribution in [1.82, 2.24) is 15.1 Å². The van der Waals surface area contributed by atoms with E-state index in [-0.39, 0.29) is 18.6 Å². The highest BCUT2D eigenvalue weighted by Crippen LogP contribution is 2.31. The van der Waals surface area contributed by atoms with Crippen molar-refractivity contribution < 1.29 is 14.3 Å². The van der Waals surface area contributed by atoms with Gasteiger partial charge in [-0.15, -0.1) is 11.3 Å². The van der Waals surface area contributed by atoms with Gasteiger partial charge in [-0.05, 0) is 29.6 Å². The van der Waals surface area contributed by atoms with Gasteiger partial charge in [0.2, 0.25) is 6.10 Å². The molecule has 0 saturated carbocycles. The molecule has 2 atom stereocenters. The van der Waals surface area contributed by atoms with Crippen molar-refractivity contribution in [3.05, 3.63) is 65.1 Å². The molecule has 0 radical (unpaired) electrons. The molecule has 25 heavy (non-hydrogen) atoms. The van der Waals surface area contributed by atoms with Gasteiger partial charge in [0.15, 0.2) is 11.5 Å². The first-order valence-electron chi connectivity index (χ1n) is 8.00. The van der Waals surface area contributed by atoms with E-state index in [0.717, 1.165) is 4.88 Å². The lowest BCUT2D eigenvalue weighted by molar-refractivity contribution is -0.130. The van der Waals surface area contributed by atoms with Crippen molar-refractivity contribution in [3.63, 3.8) is 0 Å². The van der Waals surface area contributed by atoms with Gasteiger partial charge in [-0.25, -0.2) is 0 Å². The van der Waals surface area contributed by atoms with Gasteiger partial charge in [0.05, 0.1) is 0 Å². The SMILES string of the molecule is O=C(NCC(c1cccs1)n1cccn1)C1COc2ccccc2O1. The van der Waals surface area contributed by atoms with Crippen LogP contribution in [-0.2, 0) is 4.79 Å². The summed E-state index contributed by atoms with van der Waals surface area (Å²) in [5, 5.41) is 9.29. The van der Waals surface area contributed by atoms with Gasteiger partial charge >= 0.3 is 0 Å². The van der Waals surface area contributed by atoms with Crippen LogP contribution < -0.4 is 14.8 Å². The Bertz CT molecular complexity index is 799. The van der Waals surface area contributed by atoms with Crippen molar-refractivity contribution in [2.24, 2.45) is 0 Å². The van der Waals surface area contributed by atoms with E-state index in [9.17, 15) is 4.79 Å². The average molecular weight is 355 g/mol. The summed E-state index contributed by atoms with van der Waals surface area (Å²) in [6.45, 7) is 0.636. The van der Waals surface area contributed by atoms with E-state index in [0.29, 0.717) is 18.0 Å². The molecule has 0 spiro atoms. The number of nitrogens with one attached hydrogen (secondary N) is 1. The Hall–Kier alpha value is -2.80. The molecule has 3 heterocycles. The Morgan fingerprint density at radius 2 is 2.16 bits per heavy atom. The molecule has 4 rings (SSSR count). The summed E-state index contributed by atoms with van der Waals surface area (Å²) < 4.78 is 13.2. The van der Waals surface area contributed by atoms with E-state index < -0.39 is 6.10 Å². The Kier molecular flexibility index (Phi) is 4.39. The lowest BCUT2D eigenvalue weighted by Gasteiger charge is -2.26. The van der Waals surface area contributed by atoms with E-state index >= 15 is 0 Å². The second-order valence-electron chi connectivity index (χ2n) is 5.63. The molecule has 1 aliphatic heterocycles. The third-order valence-electron chi connectivity index (χ3n) is 3.99. The number of hydrogen-bond donors (Lipinski definition) is 1. The van der Waals surface area contributed by atoms with Gasteiger partial charge in [-0.3, -0.25) is 9.48 Å². The van der Waals surface area contributed by atoms with Crippen LogP contribution in [-0.4, -0.2) is 34.9 Å². The maximum atomic E-state index is 12.5. The molecule has 2 unspecified atom stereocenters. The van der Waals surface area contributed by atoms with Crippen molar-refractivity contribution in [2.75, 3.05) is 13.2 Å². The topological polar surface area (TPSA) is 65.4 Å². The molecule has 128 valence electrons. The molecule has 0 bridgehead atoms. The number of fused-ring (bicyclic) bond motifs is 1. The smallest absolute Gasteiger partial charge is 0.264 e. The number of benzene rings is 1. The first kappa shape index (κ1) is 15.7. The highest BCUT2D eigenvalue weighted by Gasteiger charge is 2.28. The number of para-hydroxylation sites is 2. The number of nitrogens with zero attached hydrogens (tertiary/aromatic N) is 2. The van der Waals surface area contributed by atoms with Crippen LogP contribution in [0.15, 0.2) is 60.2 Å². The average Bonchev–Trinajstić information content (AvgIpc) is 3.36. The van der Waals surface area contributed by atoms with Crippen molar-refractivity contribution >= 4 is 17.2 Å². The molecule has 6 nitrogen and oxygen atoms in total. The van der Waals surface area contributed by atoms with Crippen LogP contribution in [0.5, 0.6) is 11.5 Å². The van der Waals surface area contributed by atoms with Crippen LogP contribution in [0.2, 0.25) is 0 Å². The third-order valence-corrected chi connectivity index (χ3v) is 4.96. The number of amides is 1. The van der Waals surface area contributed by atoms with Gasteiger partial charge in [0.1, 0.15) is 12.6 Å². The molecule has 1 aliphatic rings. The summed E-state index contributed by atoms with van der Waals surface area (Å²) in [5.74, 6) is 1.07. The highest BCUT2D eigenvalue weighted by atomic mass is 32.1. The molecule has 0 saturated heterocycles. The lowest BCUT2D eigenvalue weighted by atomic mass is 10.2. The molecule has 7 heteroatoms. The Morgan fingerprint density at radius 3 is 2.92 bits per heavy atom. The van der Waals surface area contributed by atoms with E-state index in [2.05, 4.69) is 10.4 Å². The standard InChI is InChI=1S/C18H17N3O3S/c22-18(16-12-23-14-5-1-2-6-15(14)24-16)19-11-13(17-7-3-10-25-17)21-9-4-8-20-21/h1-10,13,16H,11-12H2,(H,19,22). The van der Waals surface area contributed by atoms with E-state index in [1.165, 1.54) is 0 Å². The van der Waals surface area contributed by atoms with Gasteiger partial charge in [0, 0.05) is 23.8 Å². The van der Waals surface area contributed by atoms with Crippen LogP contribution in [0.3, 0.4) is 0 Å². The van der Waals surface area contributed by atoms with Crippen molar-refractivity contribution in [1.29, 1.82) is 0 Å². The van der Waals surface area contributed by atoms with Crippen molar-refractivity contribution in [2.45, 2.75) is 12.1 Å². The van der Waals surface area contributed by atoms with Crippen LogP contribution in [0, 0.1) is 0 Å².